The molecule has 0 N–H and O–H groups in total. The Kier molecular flexibility index (Phi) is 7.63. The maximum atomic E-state index is 14.4. The first-order chi connectivity index (χ1) is 14.2. The van der Waals surface area contributed by atoms with Crippen molar-refractivity contribution >= 4 is 39.2 Å². The van der Waals surface area contributed by atoms with Gasteiger partial charge in [0, 0.05) is 11.6 Å². The van der Waals surface area contributed by atoms with E-state index < -0.39 is 67.9 Å². The van der Waals surface area contributed by atoms with Crippen molar-refractivity contribution in [3.63, 3.8) is 0 Å². The van der Waals surface area contributed by atoms with Crippen LogP contribution in [0.4, 0.5) is 17.6 Å². The van der Waals surface area contributed by atoms with Gasteiger partial charge in [0.15, 0.2) is 23.3 Å². The average Bonchev–Trinajstić information content (AvgIpc) is 2.64. The Hall–Kier alpha value is -1.88. The van der Waals surface area contributed by atoms with Crippen molar-refractivity contribution in [1.82, 2.24) is 4.31 Å². The summed E-state index contributed by atoms with van der Waals surface area (Å²) in [5.74, 6) is -9.99. The standard InChI is InChI=1S/C19H17Cl2F4NO4S/c1-19(2,3)30-12(27)9-26(8-10-6-4-5-7-11(10)20)31(28,29)18-13(21)14(22)15(23)16(24)17(18)25/h4-7H,8-9H2,1-3H3. The van der Waals surface area contributed by atoms with Crippen LogP contribution in [0.15, 0.2) is 29.2 Å². The molecule has 0 atom stereocenters. The molecule has 0 aliphatic carbocycles. The highest BCUT2D eigenvalue weighted by Gasteiger charge is 2.37. The van der Waals surface area contributed by atoms with Gasteiger partial charge in [-0.05, 0) is 32.4 Å². The minimum atomic E-state index is -5.17. The molecule has 0 aliphatic rings. The van der Waals surface area contributed by atoms with Crippen LogP contribution in [0.5, 0.6) is 0 Å². The third-order valence-electron chi connectivity index (χ3n) is 3.80. The number of carbonyl (C=O) groups is 1. The fraction of sp³-hybridized carbons (Fsp3) is 0.316. The van der Waals surface area contributed by atoms with Crippen LogP contribution >= 0.6 is 23.2 Å². The number of nitrogens with zero attached hydrogens (tertiary/aromatic N) is 1. The fourth-order valence-electron chi connectivity index (χ4n) is 2.50. The van der Waals surface area contributed by atoms with Gasteiger partial charge in [0.05, 0.1) is 0 Å². The van der Waals surface area contributed by atoms with Crippen molar-refractivity contribution in [2.24, 2.45) is 0 Å². The third kappa shape index (κ3) is 5.68. The number of rotatable bonds is 6. The first-order valence-corrected chi connectivity index (χ1v) is 10.8. The van der Waals surface area contributed by atoms with E-state index in [1.807, 2.05) is 0 Å². The summed E-state index contributed by atoms with van der Waals surface area (Å²) in [6.45, 7) is 3.01. The molecule has 0 saturated carbocycles. The molecule has 0 unspecified atom stereocenters. The maximum Gasteiger partial charge on any atom is 0.321 e. The zero-order valence-corrected chi connectivity index (χ0v) is 18.8. The quantitative estimate of drug-likeness (QED) is 0.239. The molecule has 12 heteroatoms. The number of halogens is 6. The van der Waals surface area contributed by atoms with Gasteiger partial charge in [0.2, 0.25) is 10.0 Å². The highest BCUT2D eigenvalue weighted by molar-refractivity contribution is 7.89. The first kappa shape index (κ1) is 25.4. The first-order valence-electron chi connectivity index (χ1n) is 8.63. The molecule has 5 nitrogen and oxygen atoms in total. The van der Waals surface area contributed by atoms with E-state index in [0.717, 1.165) is 0 Å². The zero-order valence-electron chi connectivity index (χ0n) is 16.5. The normalized spacial score (nSPS) is 12.3. The maximum absolute atomic E-state index is 14.4. The largest absolute Gasteiger partial charge is 0.459 e. The molecule has 0 aliphatic heterocycles. The van der Waals surface area contributed by atoms with Crippen LogP contribution < -0.4 is 0 Å². The van der Waals surface area contributed by atoms with E-state index in [4.69, 9.17) is 27.9 Å². The number of ether oxygens (including phenoxy) is 1. The molecule has 0 saturated heterocycles. The minimum Gasteiger partial charge on any atom is -0.459 e. The molecule has 170 valence electrons. The Bertz CT molecular complexity index is 1090. The smallest absolute Gasteiger partial charge is 0.321 e. The molecule has 0 spiro atoms. The number of benzene rings is 2. The second-order valence-electron chi connectivity index (χ2n) is 7.35. The summed E-state index contributed by atoms with van der Waals surface area (Å²) < 4.78 is 87.1. The minimum absolute atomic E-state index is 0.106. The molecule has 0 heterocycles. The third-order valence-corrected chi connectivity index (χ3v) is 6.47. The Morgan fingerprint density at radius 3 is 2.10 bits per heavy atom. The molecular weight excluding hydrogens is 485 g/mol. The lowest BCUT2D eigenvalue weighted by molar-refractivity contribution is -0.155. The number of sulfonamides is 1. The summed E-state index contributed by atoms with van der Waals surface area (Å²) in [6, 6.07) is 5.92. The van der Waals surface area contributed by atoms with E-state index >= 15 is 0 Å². The average molecular weight is 502 g/mol. The van der Waals surface area contributed by atoms with Gasteiger partial charge in [0.25, 0.3) is 0 Å². The van der Waals surface area contributed by atoms with Gasteiger partial charge in [-0.2, -0.15) is 4.31 Å². The lowest BCUT2D eigenvalue weighted by Gasteiger charge is -2.25. The monoisotopic (exact) mass is 501 g/mol. The predicted molar refractivity (Wildman–Crippen MR) is 106 cm³/mol. The second-order valence-corrected chi connectivity index (χ2v) is 10.0. The molecule has 0 amide bonds. The van der Waals surface area contributed by atoms with Gasteiger partial charge in [-0.1, -0.05) is 41.4 Å². The van der Waals surface area contributed by atoms with Gasteiger partial charge in [-0.3, -0.25) is 4.79 Å². The Morgan fingerprint density at radius 2 is 1.55 bits per heavy atom. The van der Waals surface area contributed by atoms with Gasteiger partial charge in [-0.15, -0.1) is 0 Å². The van der Waals surface area contributed by atoms with E-state index in [1.165, 1.54) is 39.0 Å². The summed E-state index contributed by atoms with van der Waals surface area (Å²) in [7, 11) is -5.17. The van der Waals surface area contributed by atoms with E-state index in [9.17, 15) is 30.8 Å². The molecule has 2 aromatic carbocycles. The zero-order chi connectivity index (χ0) is 23.7. The SMILES string of the molecule is CC(C)(C)OC(=O)CN(Cc1ccccc1Cl)S(=O)(=O)c1c(F)c(F)c(F)c(F)c1Cl. The van der Waals surface area contributed by atoms with Crippen LogP contribution in [0.2, 0.25) is 10.0 Å². The van der Waals surface area contributed by atoms with Crippen molar-refractivity contribution < 1.29 is 35.5 Å². The van der Waals surface area contributed by atoms with Crippen molar-refractivity contribution in [3.05, 3.63) is 63.1 Å². The Balaban J connectivity index is 2.62. The van der Waals surface area contributed by atoms with Crippen molar-refractivity contribution in [2.45, 2.75) is 37.8 Å². The molecular formula is C19H17Cl2F4NO4S. The van der Waals surface area contributed by atoms with E-state index in [-0.39, 0.29) is 10.6 Å². The van der Waals surface area contributed by atoms with Crippen LogP contribution in [0.3, 0.4) is 0 Å². The second kappa shape index (κ2) is 9.32. The molecule has 2 rings (SSSR count). The van der Waals surface area contributed by atoms with Crippen LogP contribution in [0.25, 0.3) is 0 Å². The lowest BCUT2D eigenvalue weighted by atomic mass is 10.2. The summed E-state index contributed by atoms with van der Waals surface area (Å²) >= 11 is 11.5. The summed E-state index contributed by atoms with van der Waals surface area (Å²) in [5, 5.41) is -1.39. The van der Waals surface area contributed by atoms with Crippen molar-refractivity contribution in [3.8, 4) is 0 Å². The highest BCUT2D eigenvalue weighted by Crippen LogP contribution is 2.34. The summed E-state index contributed by atoms with van der Waals surface area (Å²) in [4.78, 5) is 10.6. The fourth-order valence-corrected chi connectivity index (χ4v) is 4.63. The van der Waals surface area contributed by atoms with Crippen LogP contribution in [0.1, 0.15) is 26.3 Å². The summed E-state index contributed by atoms with van der Waals surface area (Å²) in [6.07, 6.45) is 0. The molecule has 0 bridgehead atoms. The Labute approximate surface area is 186 Å². The molecule has 0 fully saturated rings. The number of esters is 1. The van der Waals surface area contributed by atoms with Gasteiger partial charge in [0.1, 0.15) is 22.1 Å². The van der Waals surface area contributed by atoms with E-state index in [0.29, 0.717) is 4.31 Å². The molecule has 31 heavy (non-hydrogen) atoms. The van der Waals surface area contributed by atoms with E-state index in [1.54, 1.807) is 6.07 Å². The Morgan fingerprint density at radius 1 is 1.00 bits per heavy atom. The molecule has 2 aromatic rings. The summed E-state index contributed by atoms with van der Waals surface area (Å²) in [5.41, 5.74) is -0.802. The topological polar surface area (TPSA) is 63.7 Å². The lowest BCUT2D eigenvalue weighted by Crippen LogP contribution is -2.39. The molecule has 0 aromatic heterocycles. The number of hydrogen-bond acceptors (Lipinski definition) is 4. The van der Waals surface area contributed by atoms with Crippen LogP contribution in [-0.2, 0) is 26.1 Å². The predicted octanol–water partition coefficient (Wildman–Crippen LogP) is 5.08. The highest BCUT2D eigenvalue weighted by atomic mass is 35.5. The van der Waals surface area contributed by atoms with Crippen molar-refractivity contribution in [1.29, 1.82) is 0 Å². The number of carbonyl (C=O) groups excluding carboxylic acids is 1. The van der Waals surface area contributed by atoms with Gasteiger partial charge < -0.3 is 4.74 Å². The van der Waals surface area contributed by atoms with Gasteiger partial charge >= 0.3 is 5.97 Å². The van der Waals surface area contributed by atoms with Crippen LogP contribution in [0, 0.1) is 23.3 Å². The van der Waals surface area contributed by atoms with E-state index in [2.05, 4.69) is 0 Å². The number of hydrogen-bond donors (Lipinski definition) is 0. The van der Waals surface area contributed by atoms with Gasteiger partial charge in [-0.25, -0.2) is 26.0 Å². The van der Waals surface area contributed by atoms with Crippen LogP contribution in [-0.4, -0.2) is 30.8 Å². The van der Waals surface area contributed by atoms with Crippen molar-refractivity contribution in [2.75, 3.05) is 6.54 Å². The molecule has 0 radical (unpaired) electrons.